The van der Waals surface area contributed by atoms with Gasteiger partial charge in [-0.1, -0.05) is 71.1 Å². The second-order valence-electron chi connectivity index (χ2n) is 8.65. The van der Waals surface area contributed by atoms with Gasteiger partial charge in [-0.3, -0.25) is 4.79 Å². The van der Waals surface area contributed by atoms with Crippen LogP contribution in [-0.2, 0) is 19.0 Å². The molecule has 0 aromatic rings. The summed E-state index contributed by atoms with van der Waals surface area (Å²) in [4.78, 5) is 11.8. The van der Waals surface area contributed by atoms with Crippen LogP contribution in [0.15, 0.2) is 0 Å². The smallest absolute Gasteiger partial charge is 0.305 e. The number of rotatable bonds is 18. The largest absolute Gasteiger partial charge is 0.463 e. The van der Waals surface area contributed by atoms with Crippen molar-refractivity contribution in [2.24, 2.45) is 0 Å². The van der Waals surface area contributed by atoms with Crippen molar-refractivity contribution in [2.75, 3.05) is 19.8 Å². The third-order valence-corrected chi connectivity index (χ3v) is 5.72. The molecule has 9 nitrogen and oxygen atoms in total. The van der Waals surface area contributed by atoms with Crippen molar-refractivity contribution in [1.82, 2.24) is 0 Å². The van der Waals surface area contributed by atoms with Crippen LogP contribution in [0.1, 0.15) is 84.0 Å². The van der Waals surface area contributed by atoms with Crippen LogP contribution in [0.4, 0.5) is 0 Å². The Kier molecular flexibility index (Phi) is 16.1. The van der Waals surface area contributed by atoms with Gasteiger partial charge in [-0.25, -0.2) is 0 Å². The zero-order valence-corrected chi connectivity index (χ0v) is 19.4. The Bertz CT molecular complexity index is 474. The van der Waals surface area contributed by atoms with Crippen molar-refractivity contribution in [3.8, 4) is 0 Å². The normalized spacial score (nSPS) is 26.8. The lowest BCUT2D eigenvalue weighted by Gasteiger charge is -2.39. The van der Waals surface area contributed by atoms with Crippen molar-refractivity contribution >= 4 is 5.97 Å². The second kappa shape index (κ2) is 17.6. The molecule has 0 radical (unpaired) electrons. The Morgan fingerprint density at radius 2 is 1.41 bits per heavy atom. The molecule has 190 valence electrons. The van der Waals surface area contributed by atoms with Crippen LogP contribution in [0, 0.1) is 0 Å². The van der Waals surface area contributed by atoms with Crippen molar-refractivity contribution in [2.45, 2.75) is 121 Å². The van der Waals surface area contributed by atoms with Crippen LogP contribution in [-0.4, -0.2) is 88.1 Å². The summed E-state index contributed by atoms with van der Waals surface area (Å²) in [6, 6.07) is 0. The molecule has 32 heavy (non-hydrogen) atoms. The highest BCUT2D eigenvalue weighted by Gasteiger charge is 2.44. The maximum atomic E-state index is 11.8. The molecule has 0 aromatic carbocycles. The lowest BCUT2D eigenvalue weighted by atomic mass is 9.99. The summed E-state index contributed by atoms with van der Waals surface area (Å²) in [5.74, 6) is -0.382. The number of esters is 1. The van der Waals surface area contributed by atoms with Gasteiger partial charge in [0.2, 0.25) is 0 Å². The molecule has 0 amide bonds. The zero-order chi connectivity index (χ0) is 23.8. The van der Waals surface area contributed by atoms with E-state index in [-0.39, 0.29) is 19.2 Å². The van der Waals surface area contributed by atoms with Gasteiger partial charge in [-0.05, 0) is 6.42 Å². The van der Waals surface area contributed by atoms with Crippen LogP contribution in [0.3, 0.4) is 0 Å². The highest BCUT2D eigenvalue weighted by molar-refractivity contribution is 5.69. The standard InChI is InChI=1S/C23H44O9/c1-2-3-4-5-6-7-8-9-10-11-12-13-19(26)30-15-17(25)16-31-23-22(29)21(28)20(27)18(14-24)32-23/h17-18,20-25,27-29H,2-16H2,1H3. The predicted octanol–water partition coefficient (Wildman–Crippen LogP) is 1.41. The van der Waals surface area contributed by atoms with Gasteiger partial charge in [0.1, 0.15) is 37.1 Å². The second-order valence-corrected chi connectivity index (χ2v) is 8.65. The third kappa shape index (κ3) is 11.9. The number of carbonyl (C=O) groups excluding carboxylic acids is 1. The fraction of sp³-hybridized carbons (Fsp3) is 0.957. The molecule has 0 spiro atoms. The van der Waals surface area contributed by atoms with Crippen LogP contribution < -0.4 is 0 Å². The topological polar surface area (TPSA) is 146 Å². The SMILES string of the molecule is CCCCCCCCCCCCCC(=O)OCC(O)COC1OC(CO)C(O)C(O)C1O. The number of hydrogen-bond acceptors (Lipinski definition) is 9. The number of aliphatic hydroxyl groups is 5. The molecule has 1 fully saturated rings. The van der Waals surface area contributed by atoms with Crippen LogP contribution >= 0.6 is 0 Å². The fourth-order valence-corrected chi connectivity index (χ4v) is 3.65. The Labute approximate surface area is 191 Å². The average Bonchev–Trinajstić information content (AvgIpc) is 2.79. The van der Waals surface area contributed by atoms with Gasteiger partial charge in [0.05, 0.1) is 13.2 Å². The number of ether oxygens (including phenoxy) is 3. The summed E-state index contributed by atoms with van der Waals surface area (Å²) in [5.41, 5.74) is 0. The number of carbonyl (C=O) groups is 1. The van der Waals surface area contributed by atoms with Gasteiger partial charge in [0.15, 0.2) is 6.29 Å². The van der Waals surface area contributed by atoms with E-state index in [1.807, 2.05) is 0 Å². The summed E-state index contributed by atoms with van der Waals surface area (Å²) in [5, 5.41) is 48.4. The number of hydrogen-bond donors (Lipinski definition) is 5. The maximum Gasteiger partial charge on any atom is 0.305 e. The molecule has 0 aromatic heterocycles. The van der Waals surface area contributed by atoms with Crippen molar-refractivity contribution in [3.63, 3.8) is 0 Å². The van der Waals surface area contributed by atoms with Crippen LogP contribution in [0.2, 0.25) is 0 Å². The molecule has 6 unspecified atom stereocenters. The lowest BCUT2D eigenvalue weighted by Crippen LogP contribution is -2.59. The molecular weight excluding hydrogens is 420 g/mol. The zero-order valence-electron chi connectivity index (χ0n) is 19.4. The molecule has 1 aliphatic heterocycles. The van der Waals surface area contributed by atoms with Gasteiger partial charge < -0.3 is 39.7 Å². The molecule has 0 saturated carbocycles. The Morgan fingerprint density at radius 1 is 0.844 bits per heavy atom. The van der Waals surface area contributed by atoms with Gasteiger partial charge in [-0.2, -0.15) is 0 Å². The third-order valence-electron chi connectivity index (χ3n) is 5.72. The maximum absolute atomic E-state index is 11.8. The van der Waals surface area contributed by atoms with Crippen LogP contribution in [0.5, 0.6) is 0 Å². The summed E-state index contributed by atoms with van der Waals surface area (Å²) in [6.45, 7) is 1.09. The molecule has 1 aliphatic rings. The minimum Gasteiger partial charge on any atom is -0.463 e. The van der Waals surface area contributed by atoms with Gasteiger partial charge in [-0.15, -0.1) is 0 Å². The Morgan fingerprint density at radius 3 is 1.97 bits per heavy atom. The first-order valence-corrected chi connectivity index (χ1v) is 12.2. The number of unbranched alkanes of at least 4 members (excludes halogenated alkanes) is 10. The van der Waals surface area contributed by atoms with Crippen molar-refractivity contribution in [3.05, 3.63) is 0 Å². The van der Waals surface area contributed by atoms with E-state index in [2.05, 4.69) is 6.92 Å². The van der Waals surface area contributed by atoms with E-state index < -0.39 is 43.4 Å². The molecule has 0 aliphatic carbocycles. The van der Waals surface area contributed by atoms with E-state index in [1.54, 1.807) is 0 Å². The predicted molar refractivity (Wildman–Crippen MR) is 118 cm³/mol. The van der Waals surface area contributed by atoms with Crippen molar-refractivity contribution < 1.29 is 44.5 Å². The molecule has 9 heteroatoms. The van der Waals surface area contributed by atoms with Gasteiger partial charge >= 0.3 is 5.97 Å². The number of aliphatic hydroxyl groups excluding tert-OH is 5. The molecule has 1 saturated heterocycles. The van der Waals surface area contributed by atoms with E-state index >= 15 is 0 Å². The first kappa shape index (κ1) is 29.2. The highest BCUT2D eigenvalue weighted by atomic mass is 16.7. The quantitative estimate of drug-likeness (QED) is 0.150. The van der Waals surface area contributed by atoms with E-state index in [0.29, 0.717) is 6.42 Å². The van der Waals surface area contributed by atoms with Gasteiger partial charge in [0, 0.05) is 6.42 Å². The monoisotopic (exact) mass is 464 g/mol. The molecular formula is C23H44O9. The molecule has 0 bridgehead atoms. The Hall–Kier alpha value is -0.810. The average molecular weight is 465 g/mol. The molecule has 6 atom stereocenters. The van der Waals surface area contributed by atoms with Crippen LogP contribution in [0.25, 0.3) is 0 Å². The minimum atomic E-state index is -1.55. The van der Waals surface area contributed by atoms with E-state index in [4.69, 9.17) is 19.3 Å². The fourth-order valence-electron chi connectivity index (χ4n) is 3.65. The van der Waals surface area contributed by atoms with E-state index in [9.17, 15) is 25.2 Å². The molecule has 1 heterocycles. The first-order valence-electron chi connectivity index (χ1n) is 12.2. The summed E-state index contributed by atoms with van der Waals surface area (Å²) in [7, 11) is 0. The summed E-state index contributed by atoms with van der Waals surface area (Å²) < 4.78 is 15.4. The lowest BCUT2D eigenvalue weighted by molar-refractivity contribution is -0.305. The highest BCUT2D eigenvalue weighted by Crippen LogP contribution is 2.22. The molecule has 5 N–H and O–H groups in total. The summed E-state index contributed by atoms with van der Waals surface area (Å²) in [6.07, 6.45) is 5.36. The first-order chi connectivity index (χ1) is 15.4. The Balaban J connectivity index is 2.03. The van der Waals surface area contributed by atoms with E-state index in [1.165, 1.54) is 51.4 Å². The molecule has 1 rings (SSSR count). The summed E-state index contributed by atoms with van der Waals surface area (Å²) >= 11 is 0. The minimum absolute atomic E-state index is 0.256. The van der Waals surface area contributed by atoms with E-state index in [0.717, 1.165) is 19.3 Å². The van der Waals surface area contributed by atoms with Crippen molar-refractivity contribution in [1.29, 1.82) is 0 Å². The van der Waals surface area contributed by atoms with Gasteiger partial charge in [0.25, 0.3) is 0 Å².